The van der Waals surface area contributed by atoms with Crippen LogP contribution < -0.4 is 21.7 Å². The highest BCUT2D eigenvalue weighted by Crippen LogP contribution is 2.19. The number of aromatic amines is 1. The molecule has 4 unspecified atom stereocenters. The quantitative estimate of drug-likeness (QED) is 0.165. The fourth-order valence-corrected chi connectivity index (χ4v) is 4.30. The van der Waals surface area contributed by atoms with Gasteiger partial charge in [0.15, 0.2) is 0 Å². The van der Waals surface area contributed by atoms with Crippen LogP contribution in [0.25, 0.3) is 10.9 Å². The van der Waals surface area contributed by atoms with Gasteiger partial charge in [-0.15, -0.1) is 0 Å². The molecule has 1 aromatic heterocycles. The van der Waals surface area contributed by atoms with Gasteiger partial charge in [0.1, 0.15) is 18.1 Å². The summed E-state index contributed by atoms with van der Waals surface area (Å²) < 4.78 is 0. The van der Waals surface area contributed by atoms with Crippen molar-refractivity contribution in [3.8, 4) is 0 Å². The number of fused-ring (bicyclic) bond motifs is 1. The summed E-state index contributed by atoms with van der Waals surface area (Å²) in [5.41, 5.74) is 7.34. The number of benzene rings is 1. The van der Waals surface area contributed by atoms with E-state index in [-0.39, 0.29) is 6.42 Å². The number of aliphatic carboxylic acids is 2. The molecule has 2 rings (SSSR count). The monoisotopic (exact) mass is 549 g/mol. The highest BCUT2D eigenvalue weighted by molar-refractivity contribution is 7.98. The van der Waals surface area contributed by atoms with Gasteiger partial charge in [0, 0.05) is 23.5 Å². The normalized spacial score (nSPS) is 14.3. The molecule has 3 amide bonds. The number of hydrogen-bond donors (Lipinski definition) is 7. The Balaban J connectivity index is 2.31. The highest BCUT2D eigenvalue weighted by Gasteiger charge is 2.32. The summed E-state index contributed by atoms with van der Waals surface area (Å²) >= 11 is 1.48. The second-order valence-corrected chi connectivity index (χ2v) is 10.2. The van der Waals surface area contributed by atoms with Gasteiger partial charge in [-0.05, 0) is 36.0 Å². The van der Waals surface area contributed by atoms with Crippen LogP contribution in [0.3, 0.4) is 0 Å². The standard InChI is InChI=1S/C25H35N5O7S/c1-13(2)21(25(36)37)30-24(35)18(10-14-12-27-17-7-5-4-6-15(14)17)29-23(34)19(11-20(31)32)28-22(33)16(26)8-9-38-3/h4-7,12-13,16,18-19,21,27H,8-11,26H2,1-3H3,(H,28,33)(H,29,34)(H,30,35)(H,31,32)(H,36,37). The zero-order valence-electron chi connectivity index (χ0n) is 21.5. The highest BCUT2D eigenvalue weighted by atomic mass is 32.2. The average Bonchev–Trinajstić information content (AvgIpc) is 3.26. The zero-order valence-corrected chi connectivity index (χ0v) is 22.3. The Morgan fingerprint density at radius 3 is 2.21 bits per heavy atom. The number of carbonyl (C=O) groups excluding carboxylic acids is 3. The fourth-order valence-electron chi connectivity index (χ4n) is 3.81. The van der Waals surface area contributed by atoms with Crippen LogP contribution in [0.4, 0.5) is 0 Å². The first-order valence-corrected chi connectivity index (χ1v) is 13.5. The van der Waals surface area contributed by atoms with Crippen molar-refractivity contribution in [3.63, 3.8) is 0 Å². The molecule has 0 spiro atoms. The number of rotatable bonds is 15. The number of amides is 3. The van der Waals surface area contributed by atoms with Gasteiger partial charge in [-0.3, -0.25) is 19.2 Å². The molecular weight excluding hydrogens is 514 g/mol. The lowest BCUT2D eigenvalue weighted by molar-refractivity contribution is -0.144. The van der Waals surface area contributed by atoms with E-state index in [2.05, 4.69) is 20.9 Å². The lowest BCUT2D eigenvalue weighted by Crippen LogP contribution is -2.58. The lowest BCUT2D eigenvalue weighted by atomic mass is 10.0. The Morgan fingerprint density at radius 2 is 1.61 bits per heavy atom. The van der Waals surface area contributed by atoms with Gasteiger partial charge in [-0.1, -0.05) is 32.0 Å². The minimum Gasteiger partial charge on any atom is -0.481 e. The number of H-pyrrole nitrogens is 1. The van der Waals surface area contributed by atoms with Crippen LogP contribution in [-0.2, 0) is 30.4 Å². The van der Waals surface area contributed by atoms with Gasteiger partial charge in [-0.2, -0.15) is 11.8 Å². The third-order valence-corrected chi connectivity index (χ3v) is 6.59. The number of carboxylic acids is 2. The maximum Gasteiger partial charge on any atom is 0.326 e. The van der Waals surface area contributed by atoms with Gasteiger partial charge >= 0.3 is 11.9 Å². The van der Waals surface area contributed by atoms with E-state index in [0.717, 1.165) is 10.9 Å². The van der Waals surface area contributed by atoms with Crippen molar-refractivity contribution in [3.05, 3.63) is 36.0 Å². The molecule has 4 atom stereocenters. The minimum atomic E-state index is -1.50. The van der Waals surface area contributed by atoms with Crippen molar-refractivity contribution >= 4 is 52.3 Å². The van der Waals surface area contributed by atoms with E-state index in [1.54, 1.807) is 20.0 Å². The predicted octanol–water partition coefficient (Wildman–Crippen LogP) is 0.461. The number of carbonyl (C=O) groups is 5. The molecule has 13 heteroatoms. The molecule has 0 bridgehead atoms. The molecule has 0 saturated carbocycles. The molecule has 1 aromatic carbocycles. The van der Waals surface area contributed by atoms with Crippen LogP contribution in [0.5, 0.6) is 0 Å². The van der Waals surface area contributed by atoms with Crippen LogP contribution in [-0.4, -0.2) is 81.0 Å². The molecule has 0 aliphatic rings. The van der Waals surface area contributed by atoms with Crippen molar-refractivity contribution in [2.45, 2.75) is 57.3 Å². The van der Waals surface area contributed by atoms with Crippen molar-refractivity contribution in [2.75, 3.05) is 12.0 Å². The van der Waals surface area contributed by atoms with E-state index in [0.29, 0.717) is 17.7 Å². The minimum absolute atomic E-state index is 0.0208. The summed E-state index contributed by atoms with van der Waals surface area (Å²) in [6, 6.07) is 2.39. The molecular formula is C25H35N5O7S. The molecule has 0 aliphatic heterocycles. The summed E-state index contributed by atoms with van der Waals surface area (Å²) in [4.78, 5) is 65.1. The molecule has 0 fully saturated rings. The number of thioether (sulfide) groups is 1. The number of aromatic nitrogens is 1. The van der Waals surface area contributed by atoms with Gasteiger partial charge in [0.05, 0.1) is 12.5 Å². The number of carboxylic acid groups (broad SMARTS) is 2. The third kappa shape index (κ3) is 8.77. The SMILES string of the molecule is CSCCC(N)C(=O)NC(CC(=O)O)C(=O)NC(Cc1c[nH]c2ccccc12)C(=O)NC(C(=O)O)C(C)C. The van der Waals surface area contributed by atoms with Gasteiger partial charge in [-0.25, -0.2) is 4.79 Å². The van der Waals surface area contributed by atoms with Crippen molar-refractivity contribution < 1.29 is 34.2 Å². The number of hydrogen-bond acceptors (Lipinski definition) is 7. The summed E-state index contributed by atoms with van der Waals surface area (Å²) in [5.74, 6) is -4.78. The third-order valence-electron chi connectivity index (χ3n) is 5.94. The van der Waals surface area contributed by atoms with Crippen molar-refractivity contribution in [2.24, 2.45) is 11.7 Å². The first-order valence-electron chi connectivity index (χ1n) is 12.1. The first kappa shape index (κ1) is 30.6. The van der Waals surface area contributed by atoms with E-state index in [4.69, 9.17) is 5.73 Å². The van der Waals surface area contributed by atoms with E-state index >= 15 is 0 Å². The second kappa shape index (κ2) is 14.4. The average molecular weight is 550 g/mol. The Morgan fingerprint density at radius 1 is 0.974 bits per heavy atom. The van der Waals surface area contributed by atoms with E-state index in [1.165, 1.54) is 11.8 Å². The molecule has 208 valence electrons. The van der Waals surface area contributed by atoms with Gasteiger partial charge in [0.25, 0.3) is 0 Å². The second-order valence-electron chi connectivity index (χ2n) is 9.24. The van der Waals surface area contributed by atoms with Crippen LogP contribution in [0.1, 0.15) is 32.3 Å². The van der Waals surface area contributed by atoms with Crippen LogP contribution in [0, 0.1) is 5.92 Å². The molecule has 12 nitrogen and oxygen atoms in total. The number of nitrogens with two attached hydrogens (primary N) is 1. The Bertz CT molecular complexity index is 1150. The topological polar surface area (TPSA) is 204 Å². The molecule has 1 heterocycles. The first-order chi connectivity index (χ1) is 17.9. The Kier molecular flexibility index (Phi) is 11.6. The molecule has 0 saturated heterocycles. The summed E-state index contributed by atoms with van der Waals surface area (Å²) in [6.45, 7) is 3.26. The van der Waals surface area contributed by atoms with E-state index < -0.39 is 66.2 Å². The fraction of sp³-hybridized carbons (Fsp3) is 0.480. The smallest absolute Gasteiger partial charge is 0.326 e. The van der Waals surface area contributed by atoms with E-state index in [9.17, 15) is 34.2 Å². The zero-order chi connectivity index (χ0) is 28.4. The van der Waals surface area contributed by atoms with Crippen LogP contribution in [0.2, 0.25) is 0 Å². The van der Waals surface area contributed by atoms with Crippen molar-refractivity contribution in [1.29, 1.82) is 0 Å². The maximum absolute atomic E-state index is 13.2. The number of nitrogens with one attached hydrogen (secondary N) is 4. The molecule has 0 radical (unpaired) electrons. The van der Waals surface area contributed by atoms with Crippen molar-refractivity contribution in [1.82, 2.24) is 20.9 Å². The Hall–Kier alpha value is -3.58. The maximum atomic E-state index is 13.2. The molecule has 8 N–H and O–H groups in total. The van der Waals surface area contributed by atoms with Gasteiger partial charge in [0.2, 0.25) is 17.7 Å². The molecule has 0 aliphatic carbocycles. The molecule has 2 aromatic rings. The summed E-state index contributed by atoms with van der Waals surface area (Å²) in [7, 11) is 0. The van der Waals surface area contributed by atoms with Crippen LogP contribution >= 0.6 is 11.8 Å². The predicted molar refractivity (Wildman–Crippen MR) is 143 cm³/mol. The van der Waals surface area contributed by atoms with Crippen LogP contribution in [0.15, 0.2) is 30.5 Å². The van der Waals surface area contributed by atoms with E-state index in [1.807, 2.05) is 30.5 Å². The Labute approximate surface area is 224 Å². The lowest BCUT2D eigenvalue weighted by Gasteiger charge is -2.25. The molecule has 38 heavy (non-hydrogen) atoms. The summed E-state index contributed by atoms with van der Waals surface area (Å²) in [6.07, 6.45) is 3.09. The largest absolute Gasteiger partial charge is 0.481 e. The van der Waals surface area contributed by atoms with Gasteiger partial charge < -0.3 is 36.9 Å². The summed E-state index contributed by atoms with van der Waals surface area (Å²) in [5, 5.41) is 27.0. The number of para-hydroxylation sites is 1.